The van der Waals surface area contributed by atoms with Gasteiger partial charge >= 0.3 is 0 Å². The Morgan fingerprint density at radius 1 is 1.39 bits per heavy atom. The minimum atomic E-state index is -0.0593. The van der Waals surface area contributed by atoms with Crippen molar-refractivity contribution in [3.63, 3.8) is 0 Å². The van der Waals surface area contributed by atoms with Crippen molar-refractivity contribution in [1.29, 1.82) is 0 Å². The standard InChI is InChI=1S/C16H25N5O2/c22-11-13-8-21(18-17-13)9-14-7-12-3-6-20(14)10-15(12)16(23)19-4-1-2-5-19/h8,12,14-15,22H,1-7,9-11H2/p+1/t12-,14+,15-/m0/s1. The van der Waals surface area contributed by atoms with E-state index in [1.807, 2.05) is 10.9 Å². The first-order chi connectivity index (χ1) is 11.2. The van der Waals surface area contributed by atoms with E-state index in [0.29, 0.717) is 23.6 Å². The number of nitrogens with zero attached hydrogens (tertiary/aromatic N) is 4. The van der Waals surface area contributed by atoms with Gasteiger partial charge in [0, 0.05) is 25.9 Å². The fourth-order valence-corrected chi connectivity index (χ4v) is 4.70. The van der Waals surface area contributed by atoms with E-state index in [4.69, 9.17) is 5.11 Å². The van der Waals surface area contributed by atoms with Gasteiger partial charge < -0.3 is 14.9 Å². The average Bonchev–Trinajstić information content (AvgIpc) is 3.26. The van der Waals surface area contributed by atoms with Crippen molar-refractivity contribution in [1.82, 2.24) is 19.9 Å². The van der Waals surface area contributed by atoms with Crippen LogP contribution in [0.5, 0.6) is 0 Å². The molecule has 5 rings (SSSR count). The molecule has 1 aromatic heterocycles. The smallest absolute Gasteiger partial charge is 0.231 e. The second kappa shape index (κ2) is 6.20. The van der Waals surface area contributed by atoms with Gasteiger partial charge in [-0.2, -0.15) is 0 Å². The molecule has 23 heavy (non-hydrogen) atoms. The third kappa shape index (κ3) is 2.87. The Morgan fingerprint density at radius 3 is 2.87 bits per heavy atom. The molecular formula is C16H26N5O2+. The van der Waals surface area contributed by atoms with E-state index in [2.05, 4.69) is 15.2 Å². The number of aliphatic hydroxyl groups is 1. The zero-order chi connectivity index (χ0) is 15.8. The molecule has 0 aromatic carbocycles. The minimum Gasteiger partial charge on any atom is -0.390 e. The summed E-state index contributed by atoms with van der Waals surface area (Å²) in [7, 11) is 0. The maximum Gasteiger partial charge on any atom is 0.231 e. The van der Waals surface area contributed by atoms with Crippen LogP contribution in [0.3, 0.4) is 0 Å². The summed E-state index contributed by atoms with van der Waals surface area (Å²) in [6.45, 7) is 4.85. The van der Waals surface area contributed by atoms with Crippen LogP contribution in [-0.4, -0.2) is 63.1 Å². The van der Waals surface area contributed by atoms with Crippen molar-refractivity contribution in [3.8, 4) is 0 Å². The maximum atomic E-state index is 12.8. The number of quaternary nitrogens is 1. The highest BCUT2D eigenvalue weighted by atomic mass is 16.3. The molecule has 7 nitrogen and oxygen atoms in total. The molecule has 4 aliphatic rings. The van der Waals surface area contributed by atoms with Crippen LogP contribution in [0.15, 0.2) is 6.20 Å². The topological polar surface area (TPSA) is 75.7 Å². The molecule has 4 saturated heterocycles. The van der Waals surface area contributed by atoms with Crippen molar-refractivity contribution in [3.05, 3.63) is 11.9 Å². The van der Waals surface area contributed by atoms with Gasteiger partial charge in [-0.15, -0.1) is 5.10 Å². The van der Waals surface area contributed by atoms with Crippen LogP contribution < -0.4 is 4.90 Å². The fourth-order valence-electron chi connectivity index (χ4n) is 4.70. The lowest BCUT2D eigenvalue weighted by atomic mass is 9.75. The fraction of sp³-hybridized carbons (Fsp3) is 0.812. The second-order valence-corrected chi connectivity index (χ2v) is 7.32. The van der Waals surface area contributed by atoms with Crippen LogP contribution in [0.25, 0.3) is 0 Å². The molecule has 1 aromatic rings. The number of likely N-dealkylation sites (tertiary alicyclic amines) is 1. The summed E-state index contributed by atoms with van der Waals surface area (Å²) >= 11 is 0. The monoisotopic (exact) mass is 320 g/mol. The van der Waals surface area contributed by atoms with Crippen LogP contribution in [0, 0.1) is 11.8 Å². The van der Waals surface area contributed by atoms with Gasteiger partial charge in [0.1, 0.15) is 11.7 Å². The first-order valence-corrected chi connectivity index (χ1v) is 8.88. The Kier molecular flexibility index (Phi) is 4.07. The zero-order valence-electron chi connectivity index (χ0n) is 13.5. The Balaban J connectivity index is 1.40. The van der Waals surface area contributed by atoms with E-state index in [1.165, 1.54) is 25.8 Å². The minimum absolute atomic E-state index is 0.0593. The third-order valence-corrected chi connectivity index (χ3v) is 5.94. The summed E-state index contributed by atoms with van der Waals surface area (Å²) in [5.41, 5.74) is 0.623. The van der Waals surface area contributed by atoms with Gasteiger partial charge in [-0.3, -0.25) is 4.79 Å². The first kappa shape index (κ1) is 15.1. The molecule has 126 valence electrons. The van der Waals surface area contributed by atoms with Crippen LogP contribution in [0.1, 0.15) is 31.4 Å². The normalized spacial score (nSPS) is 33.3. The van der Waals surface area contributed by atoms with E-state index < -0.39 is 0 Å². The third-order valence-electron chi connectivity index (χ3n) is 5.94. The molecule has 1 amide bonds. The van der Waals surface area contributed by atoms with Crippen LogP contribution in [0.2, 0.25) is 0 Å². The predicted octanol–water partition coefficient (Wildman–Crippen LogP) is -1.31. The number of rotatable bonds is 4. The Hall–Kier alpha value is -1.47. The molecule has 0 spiro atoms. The highest BCUT2D eigenvalue weighted by Crippen LogP contribution is 2.29. The summed E-state index contributed by atoms with van der Waals surface area (Å²) < 4.78 is 1.85. The molecule has 0 saturated carbocycles. The number of amides is 1. The molecule has 4 atom stereocenters. The molecule has 0 radical (unpaired) electrons. The van der Waals surface area contributed by atoms with E-state index in [0.717, 1.165) is 32.6 Å². The van der Waals surface area contributed by atoms with Gasteiger partial charge in [-0.05, 0) is 18.8 Å². The van der Waals surface area contributed by atoms with Crippen molar-refractivity contribution in [2.24, 2.45) is 11.8 Å². The molecule has 7 heteroatoms. The Bertz CT molecular complexity index is 569. The van der Waals surface area contributed by atoms with Gasteiger partial charge in [-0.1, -0.05) is 5.21 Å². The van der Waals surface area contributed by atoms with Crippen molar-refractivity contribution in [2.45, 2.75) is 44.9 Å². The summed E-state index contributed by atoms with van der Waals surface area (Å²) in [4.78, 5) is 16.4. The number of aliphatic hydroxyl groups excluding tert-OH is 1. The number of carbonyl (C=O) groups excluding carboxylic acids is 1. The predicted molar refractivity (Wildman–Crippen MR) is 82.5 cm³/mol. The quantitative estimate of drug-likeness (QED) is 0.722. The maximum absolute atomic E-state index is 12.8. The number of nitrogens with one attached hydrogen (secondary N) is 1. The van der Waals surface area contributed by atoms with Crippen molar-refractivity contribution in [2.75, 3.05) is 26.2 Å². The second-order valence-electron chi connectivity index (χ2n) is 7.32. The molecular weight excluding hydrogens is 294 g/mol. The molecule has 4 fully saturated rings. The zero-order valence-corrected chi connectivity index (χ0v) is 13.5. The summed E-state index contributed by atoms with van der Waals surface area (Å²) in [6.07, 6.45) is 6.45. The molecule has 5 heterocycles. The van der Waals surface area contributed by atoms with Gasteiger partial charge in [-0.25, -0.2) is 4.68 Å². The number of carbonyl (C=O) groups is 1. The Morgan fingerprint density at radius 2 is 2.22 bits per heavy atom. The number of hydrogen-bond donors (Lipinski definition) is 2. The average molecular weight is 320 g/mol. The molecule has 1 unspecified atom stereocenters. The molecule has 0 aliphatic carbocycles. The lowest BCUT2D eigenvalue weighted by molar-refractivity contribution is -0.945. The molecule has 2 bridgehead atoms. The number of aromatic nitrogens is 3. The lowest BCUT2D eigenvalue weighted by Crippen LogP contribution is -3.20. The Labute approximate surface area is 136 Å². The number of fused-ring (bicyclic) bond motifs is 3. The number of piperidine rings is 3. The SMILES string of the molecule is O=C([C@H]1C[NH+]2CC[C@H]1C[C@@H]2Cn1cc(CO)nn1)N1CCCC1. The van der Waals surface area contributed by atoms with Crippen molar-refractivity contribution >= 4 is 5.91 Å². The van der Waals surface area contributed by atoms with E-state index in [1.54, 1.807) is 4.90 Å². The van der Waals surface area contributed by atoms with Crippen LogP contribution in [-0.2, 0) is 17.9 Å². The number of hydrogen-bond acceptors (Lipinski definition) is 4. The van der Waals surface area contributed by atoms with Crippen LogP contribution in [0.4, 0.5) is 0 Å². The lowest BCUT2D eigenvalue weighted by Gasteiger charge is -2.46. The van der Waals surface area contributed by atoms with Crippen LogP contribution >= 0.6 is 0 Å². The first-order valence-electron chi connectivity index (χ1n) is 8.88. The van der Waals surface area contributed by atoms with E-state index in [9.17, 15) is 4.79 Å². The summed E-state index contributed by atoms with van der Waals surface area (Å²) in [6, 6.07) is 0.518. The molecule has 2 N–H and O–H groups in total. The van der Waals surface area contributed by atoms with E-state index >= 15 is 0 Å². The van der Waals surface area contributed by atoms with Gasteiger partial charge in [0.2, 0.25) is 5.91 Å². The summed E-state index contributed by atoms with van der Waals surface area (Å²) in [5.74, 6) is 1.18. The highest BCUT2D eigenvalue weighted by Gasteiger charge is 2.47. The largest absolute Gasteiger partial charge is 0.390 e. The van der Waals surface area contributed by atoms with E-state index in [-0.39, 0.29) is 12.5 Å². The van der Waals surface area contributed by atoms with Gasteiger partial charge in [0.05, 0.1) is 38.4 Å². The highest BCUT2D eigenvalue weighted by molar-refractivity contribution is 5.79. The van der Waals surface area contributed by atoms with Gasteiger partial charge in [0.15, 0.2) is 0 Å². The molecule has 4 aliphatic heterocycles. The summed E-state index contributed by atoms with van der Waals surface area (Å²) in [5, 5.41) is 17.1. The van der Waals surface area contributed by atoms with Crippen molar-refractivity contribution < 1.29 is 14.8 Å². The van der Waals surface area contributed by atoms with Gasteiger partial charge in [0.25, 0.3) is 0 Å².